The van der Waals surface area contributed by atoms with Gasteiger partial charge in [-0.15, -0.1) is 0 Å². The molecule has 0 amide bonds. The van der Waals surface area contributed by atoms with E-state index in [9.17, 15) is 13.2 Å². The van der Waals surface area contributed by atoms with Gasteiger partial charge in [-0.3, -0.25) is 4.99 Å². The summed E-state index contributed by atoms with van der Waals surface area (Å²) in [5.41, 5.74) is 4.63. The quantitative estimate of drug-likeness (QED) is 0.336. The SMILES string of the molecule is N/C(=N\O)C1=NC(c2ccccc2)NC(C(F)(F)F)=C1. The lowest BCUT2D eigenvalue weighted by Crippen LogP contribution is -2.36. The van der Waals surface area contributed by atoms with Crippen LogP contribution in [-0.2, 0) is 0 Å². The monoisotopic (exact) mass is 284 g/mol. The molecule has 0 radical (unpaired) electrons. The van der Waals surface area contributed by atoms with Gasteiger partial charge >= 0.3 is 6.18 Å². The van der Waals surface area contributed by atoms with Crippen LogP contribution in [-0.4, -0.2) is 22.9 Å². The Morgan fingerprint density at radius 2 is 1.95 bits per heavy atom. The molecule has 1 heterocycles. The maximum Gasteiger partial charge on any atom is 0.431 e. The Morgan fingerprint density at radius 1 is 1.30 bits per heavy atom. The van der Waals surface area contributed by atoms with Crippen molar-refractivity contribution in [3.8, 4) is 0 Å². The Kier molecular flexibility index (Phi) is 3.64. The van der Waals surface area contributed by atoms with Crippen LogP contribution in [0.5, 0.6) is 0 Å². The summed E-state index contributed by atoms with van der Waals surface area (Å²) in [6.07, 6.45) is -4.83. The van der Waals surface area contributed by atoms with Gasteiger partial charge in [0.1, 0.15) is 17.6 Å². The number of allylic oxidation sites excluding steroid dienone is 1. The van der Waals surface area contributed by atoms with Crippen LogP contribution in [0.15, 0.2) is 52.3 Å². The number of halogens is 3. The van der Waals surface area contributed by atoms with Crippen molar-refractivity contribution in [1.29, 1.82) is 0 Å². The van der Waals surface area contributed by atoms with Gasteiger partial charge in [0.25, 0.3) is 0 Å². The van der Waals surface area contributed by atoms with Crippen LogP contribution in [0, 0.1) is 0 Å². The van der Waals surface area contributed by atoms with Crippen molar-refractivity contribution >= 4 is 11.5 Å². The first-order chi connectivity index (χ1) is 9.41. The minimum absolute atomic E-state index is 0.229. The summed E-state index contributed by atoms with van der Waals surface area (Å²) in [4.78, 5) is 4.00. The van der Waals surface area contributed by atoms with Gasteiger partial charge < -0.3 is 16.3 Å². The van der Waals surface area contributed by atoms with E-state index < -0.39 is 23.9 Å². The largest absolute Gasteiger partial charge is 0.431 e. The molecule has 1 aromatic rings. The molecule has 0 aromatic heterocycles. The van der Waals surface area contributed by atoms with Crippen LogP contribution in [0.4, 0.5) is 13.2 Å². The Labute approximate surface area is 112 Å². The lowest BCUT2D eigenvalue weighted by molar-refractivity contribution is -0.0979. The summed E-state index contributed by atoms with van der Waals surface area (Å²) in [5.74, 6) is -0.478. The molecule has 0 saturated carbocycles. The molecule has 0 spiro atoms. The van der Waals surface area contributed by atoms with Crippen molar-refractivity contribution in [2.24, 2.45) is 15.9 Å². The van der Waals surface area contributed by atoms with Crippen LogP contribution >= 0.6 is 0 Å². The van der Waals surface area contributed by atoms with Gasteiger partial charge in [0.2, 0.25) is 0 Å². The first kappa shape index (κ1) is 13.9. The summed E-state index contributed by atoms with van der Waals surface area (Å²) in [7, 11) is 0. The Bertz CT molecular complexity index is 578. The van der Waals surface area contributed by atoms with E-state index in [-0.39, 0.29) is 5.71 Å². The van der Waals surface area contributed by atoms with Crippen molar-refractivity contribution in [3.63, 3.8) is 0 Å². The van der Waals surface area contributed by atoms with Crippen molar-refractivity contribution in [1.82, 2.24) is 5.32 Å². The molecule has 8 heteroatoms. The van der Waals surface area contributed by atoms with Gasteiger partial charge in [-0.25, -0.2) is 0 Å². The zero-order chi connectivity index (χ0) is 14.8. The van der Waals surface area contributed by atoms with E-state index in [1.165, 1.54) is 0 Å². The molecule has 1 aliphatic heterocycles. The molecule has 1 aromatic carbocycles. The van der Waals surface area contributed by atoms with Crippen LogP contribution < -0.4 is 11.1 Å². The van der Waals surface area contributed by atoms with Gasteiger partial charge in [0.05, 0.1) is 0 Å². The van der Waals surface area contributed by atoms with Crippen molar-refractivity contribution in [2.45, 2.75) is 12.3 Å². The molecular formula is C12H11F3N4O. The summed E-state index contributed by atoms with van der Waals surface area (Å²) < 4.78 is 38.5. The number of alkyl halides is 3. The summed E-state index contributed by atoms with van der Waals surface area (Å²) in [6.45, 7) is 0. The molecule has 1 aliphatic rings. The van der Waals surface area contributed by atoms with Gasteiger partial charge in [-0.2, -0.15) is 13.2 Å². The molecule has 106 valence electrons. The first-order valence-corrected chi connectivity index (χ1v) is 5.58. The second kappa shape index (κ2) is 5.24. The number of rotatable bonds is 2. The third-order valence-electron chi connectivity index (χ3n) is 2.63. The Balaban J connectivity index is 2.43. The Hall–Kier alpha value is -2.51. The fourth-order valence-corrected chi connectivity index (χ4v) is 1.68. The summed E-state index contributed by atoms with van der Waals surface area (Å²) in [5, 5.41) is 13.5. The molecule has 20 heavy (non-hydrogen) atoms. The van der Waals surface area contributed by atoms with E-state index in [0.29, 0.717) is 11.6 Å². The maximum absolute atomic E-state index is 12.8. The fourth-order valence-electron chi connectivity index (χ4n) is 1.68. The normalized spacial score (nSPS) is 19.9. The number of aliphatic imine (C=N–C) groups is 1. The first-order valence-electron chi connectivity index (χ1n) is 5.58. The van der Waals surface area contributed by atoms with E-state index in [1.54, 1.807) is 30.3 Å². The van der Waals surface area contributed by atoms with Crippen LogP contribution in [0.25, 0.3) is 0 Å². The van der Waals surface area contributed by atoms with E-state index in [4.69, 9.17) is 10.9 Å². The maximum atomic E-state index is 12.8. The lowest BCUT2D eigenvalue weighted by Gasteiger charge is -2.25. The third kappa shape index (κ3) is 2.90. The molecular weight excluding hydrogens is 273 g/mol. The Morgan fingerprint density at radius 3 is 2.50 bits per heavy atom. The fraction of sp³-hybridized carbons (Fsp3) is 0.167. The number of hydrogen-bond donors (Lipinski definition) is 3. The zero-order valence-electron chi connectivity index (χ0n) is 10.1. The number of hydrogen-bond acceptors (Lipinski definition) is 4. The minimum Gasteiger partial charge on any atom is -0.409 e. The molecule has 5 nitrogen and oxygen atoms in total. The molecule has 0 saturated heterocycles. The van der Waals surface area contributed by atoms with Gasteiger partial charge in [-0.05, 0) is 11.6 Å². The molecule has 0 fully saturated rings. The lowest BCUT2D eigenvalue weighted by atomic mass is 10.1. The molecule has 0 bridgehead atoms. The molecule has 0 aliphatic carbocycles. The predicted molar refractivity (Wildman–Crippen MR) is 67.3 cm³/mol. The standard InChI is InChI=1S/C12H11F3N4O/c13-12(14,15)9-6-8(10(16)19-20)17-11(18-9)7-4-2-1-3-5-7/h1-6,11,18,20H,(H2,16,19). The van der Waals surface area contributed by atoms with Gasteiger partial charge in [0, 0.05) is 0 Å². The van der Waals surface area contributed by atoms with Crippen molar-refractivity contribution in [3.05, 3.63) is 47.7 Å². The van der Waals surface area contributed by atoms with Gasteiger partial charge in [0.15, 0.2) is 5.84 Å². The zero-order valence-corrected chi connectivity index (χ0v) is 10.1. The number of nitrogens with one attached hydrogen (secondary N) is 1. The molecule has 1 unspecified atom stereocenters. The predicted octanol–water partition coefficient (Wildman–Crippen LogP) is 1.92. The number of oxime groups is 1. The molecule has 2 rings (SSSR count). The molecule has 4 N–H and O–H groups in total. The smallest absolute Gasteiger partial charge is 0.409 e. The topological polar surface area (TPSA) is 83.0 Å². The average Bonchev–Trinajstić information content (AvgIpc) is 2.46. The van der Waals surface area contributed by atoms with E-state index >= 15 is 0 Å². The number of amidine groups is 1. The molecule has 1 atom stereocenters. The van der Waals surface area contributed by atoms with E-state index in [2.05, 4.69) is 15.5 Å². The number of benzene rings is 1. The number of nitrogens with two attached hydrogens (primary N) is 1. The highest BCUT2D eigenvalue weighted by Crippen LogP contribution is 2.29. The third-order valence-corrected chi connectivity index (χ3v) is 2.63. The average molecular weight is 284 g/mol. The second-order valence-electron chi connectivity index (χ2n) is 4.01. The van der Waals surface area contributed by atoms with Crippen LogP contribution in [0.3, 0.4) is 0 Å². The van der Waals surface area contributed by atoms with Crippen molar-refractivity contribution < 1.29 is 18.4 Å². The highest BCUT2D eigenvalue weighted by atomic mass is 19.4. The van der Waals surface area contributed by atoms with Crippen LogP contribution in [0.2, 0.25) is 0 Å². The summed E-state index contributed by atoms with van der Waals surface area (Å²) >= 11 is 0. The van der Waals surface area contributed by atoms with E-state index in [0.717, 1.165) is 0 Å². The second-order valence-corrected chi connectivity index (χ2v) is 4.01. The number of nitrogens with zero attached hydrogens (tertiary/aromatic N) is 2. The highest BCUT2D eigenvalue weighted by Gasteiger charge is 2.37. The van der Waals surface area contributed by atoms with Crippen molar-refractivity contribution in [2.75, 3.05) is 0 Å². The minimum atomic E-state index is -4.58. The van der Waals surface area contributed by atoms with Crippen LogP contribution in [0.1, 0.15) is 11.7 Å². The van der Waals surface area contributed by atoms with E-state index in [1.807, 2.05) is 0 Å². The summed E-state index contributed by atoms with van der Waals surface area (Å²) in [6, 6.07) is 8.36. The van der Waals surface area contributed by atoms with Gasteiger partial charge in [-0.1, -0.05) is 35.5 Å². The highest BCUT2D eigenvalue weighted by molar-refractivity contribution is 6.45.